The van der Waals surface area contributed by atoms with E-state index in [-0.39, 0.29) is 11.5 Å². The highest BCUT2D eigenvalue weighted by Gasteiger charge is 2.15. The van der Waals surface area contributed by atoms with Crippen LogP contribution in [0.2, 0.25) is 0 Å². The molecule has 0 saturated carbocycles. The molecule has 78 valence electrons. The van der Waals surface area contributed by atoms with E-state index in [1.54, 1.807) is 25.3 Å². The number of rotatable bonds is 2. The number of methoxy groups -OCH3 is 1. The number of furan rings is 1. The summed E-state index contributed by atoms with van der Waals surface area (Å²) in [5, 5.41) is 0.708. The molecule has 0 unspecified atom stereocenters. The van der Waals surface area contributed by atoms with Gasteiger partial charge in [-0.2, -0.15) is 0 Å². The number of fused-ring (bicyclic) bond motifs is 1. The van der Waals surface area contributed by atoms with Crippen LogP contribution in [0.25, 0.3) is 11.0 Å². The fourth-order valence-corrected chi connectivity index (χ4v) is 1.48. The summed E-state index contributed by atoms with van der Waals surface area (Å²) >= 11 is 0. The monoisotopic (exact) mass is 205 g/mol. The van der Waals surface area contributed by atoms with Gasteiger partial charge in [-0.15, -0.1) is 0 Å². The Bertz CT molecular complexity index is 528. The average Bonchev–Trinajstić information content (AvgIpc) is 2.56. The second kappa shape index (κ2) is 3.31. The lowest BCUT2D eigenvalue weighted by Gasteiger charge is -1.97. The van der Waals surface area contributed by atoms with Crippen LogP contribution in [0.3, 0.4) is 0 Å². The molecule has 0 bridgehead atoms. The molecule has 4 heteroatoms. The first-order chi connectivity index (χ1) is 7.13. The van der Waals surface area contributed by atoms with Crippen molar-refractivity contribution in [1.29, 1.82) is 0 Å². The fraction of sp³-hybridized carbons (Fsp3) is 0.182. The number of hydrogen-bond donors (Lipinski definition) is 1. The number of benzene rings is 1. The number of carbonyl (C=O) groups excluding carboxylic acids is 1. The molecule has 2 aromatic rings. The minimum absolute atomic E-state index is 0.178. The van der Waals surface area contributed by atoms with Gasteiger partial charge in [-0.3, -0.25) is 4.79 Å². The topological polar surface area (TPSA) is 65.5 Å². The Labute approximate surface area is 86.6 Å². The summed E-state index contributed by atoms with van der Waals surface area (Å²) in [6, 6.07) is 5.24. The highest BCUT2D eigenvalue weighted by molar-refractivity contribution is 6.05. The predicted octanol–water partition coefficient (Wildman–Crippen LogP) is 2.23. The maximum Gasteiger partial charge on any atom is 0.197 e. The first-order valence-electron chi connectivity index (χ1n) is 4.50. The Morgan fingerprint density at radius 3 is 2.80 bits per heavy atom. The SMILES string of the molecule is COc1ccc2oc(C(C)=O)c(N)c2c1. The number of nitrogen functional groups attached to an aromatic ring is 1. The van der Waals surface area contributed by atoms with Crippen LogP contribution in [0.4, 0.5) is 5.69 Å². The van der Waals surface area contributed by atoms with E-state index >= 15 is 0 Å². The van der Waals surface area contributed by atoms with Crippen LogP contribution in [0.15, 0.2) is 22.6 Å². The van der Waals surface area contributed by atoms with Gasteiger partial charge >= 0.3 is 0 Å². The van der Waals surface area contributed by atoms with Gasteiger partial charge in [-0.25, -0.2) is 0 Å². The van der Waals surface area contributed by atoms with E-state index in [2.05, 4.69) is 0 Å². The molecule has 0 atom stereocenters. The van der Waals surface area contributed by atoms with Crippen molar-refractivity contribution in [3.8, 4) is 5.75 Å². The van der Waals surface area contributed by atoms with E-state index in [9.17, 15) is 4.79 Å². The summed E-state index contributed by atoms with van der Waals surface area (Å²) in [7, 11) is 1.57. The van der Waals surface area contributed by atoms with Crippen molar-refractivity contribution < 1.29 is 13.9 Å². The molecular formula is C11H11NO3. The van der Waals surface area contributed by atoms with Crippen molar-refractivity contribution in [2.45, 2.75) is 6.92 Å². The highest BCUT2D eigenvalue weighted by Crippen LogP contribution is 2.31. The highest BCUT2D eigenvalue weighted by atomic mass is 16.5. The third kappa shape index (κ3) is 1.44. The molecule has 0 amide bonds. The van der Waals surface area contributed by atoms with Gasteiger partial charge < -0.3 is 14.9 Å². The molecule has 0 aliphatic heterocycles. The van der Waals surface area contributed by atoms with Crippen LogP contribution in [-0.2, 0) is 0 Å². The number of Topliss-reactive ketones (excluding diaryl/α,β-unsaturated/α-hetero) is 1. The van der Waals surface area contributed by atoms with Crippen LogP contribution >= 0.6 is 0 Å². The molecule has 15 heavy (non-hydrogen) atoms. The molecule has 2 N–H and O–H groups in total. The van der Waals surface area contributed by atoms with Gasteiger partial charge in [0.1, 0.15) is 11.3 Å². The summed E-state index contributed by atoms with van der Waals surface area (Å²) in [6.45, 7) is 1.42. The lowest BCUT2D eigenvalue weighted by atomic mass is 10.2. The van der Waals surface area contributed by atoms with Gasteiger partial charge in [0.15, 0.2) is 11.5 Å². The summed E-state index contributed by atoms with van der Waals surface area (Å²) in [4.78, 5) is 11.2. The summed E-state index contributed by atoms with van der Waals surface area (Å²) < 4.78 is 10.4. The Morgan fingerprint density at radius 1 is 1.47 bits per heavy atom. The molecule has 0 saturated heterocycles. The standard InChI is InChI=1S/C11H11NO3/c1-6(13)11-10(12)8-5-7(14-2)3-4-9(8)15-11/h3-5H,12H2,1-2H3. The van der Waals surface area contributed by atoms with Crippen LogP contribution in [0.5, 0.6) is 5.75 Å². The maximum atomic E-state index is 11.2. The van der Waals surface area contributed by atoms with Crippen molar-refractivity contribution in [1.82, 2.24) is 0 Å². The zero-order valence-electron chi connectivity index (χ0n) is 8.53. The van der Waals surface area contributed by atoms with E-state index in [0.717, 1.165) is 0 Å². The van der Waals surface area contributed by atoms with Crippen molar-refractivity contribution in [3.05, 3.63) is 24.0 Å². The van der Waals surface area contributed by atoms with E-state index in [1.165, 1.54) is 6.92 Å². The van der Waals surface area contributed by atoms with Crippen molar-refractivity contribution in [2.75, 3.05) is 12.8 Å². The third-order valence-corrected chi connectivity index (χ3v) is 2.25. The van der Waals surface area contributed by atoms with Gasteiger partial charge in [-0.1, -0.05) is 0 Å². The number of ketones is 1. The third-order valence-electron chi connectivity index (χ3n) is 2.25. The molecular weight excluding hydrogens is 194 g/mol. The predicted molar refractivity (Wildman–Crippen MR) is 57.2 cm³/mol. The summed E-state index contributed by atoms with van der Waals surface area (Å²) in [5.74, 6) is 0.714. The Morgan fingerprint density at radius 2 is 2.20 bits per heavy atom. The van der Waals surface area contributed by atoms with Crippen molar-refractivity contribution in [3.63, 3.8) is 0 Å². The molecule has 0 spiro atoms. The van der Waals surface area contributed by atoms with Crippen LogP contribution in [0.1, 0.15) is 17.5 Å². The van der Waals surface area contributed by atoms with Gasteiger partial charge in [0, 0.05) is 12.3 Å². The van der Waals surface area contributed by atoms with Crippen LogP contribution in [-0.4, -0.2) is 12.9 Å². The lowest BCUT2D eigenvalue weighted by Crippen LogP contribution is -1.94. The minimum Gasteiger partial charge on any atom is -0.497 e. The number of anilines is 1. The van der Waals surface area contributed by atoms with Crippen molar-refractivity contribution in [2.24, 2.45) is 0 Å². The Kier molecular flexibility index (Phi) is 2.11. The molecule has 0 radical (unpaired) electrons. The van der Waals surface area contributed by atoms with E-state index in [0.29, 0.717) is 22.4 Å². The number of carbonyl (C=O) groups is 1. The molecule has 1 aromatic carbocycles. The van der Waals surface area contributed by atoms with Crippen molar-refractivity contribution >= 4 is 22.4 Å². The molecule has 0 aliphatic carbocycles. The van der Waals surface area contributed by atoms with E-state index in [4.69, 9.17) is 14.9 Å². The molecule has 0 fully saturated rings. The van der Waals surface area contributed by atoms with Crippen LogP contribution < -0.4 is 10.5 Å². The van der Waals surface area contributed by atoms with Crippen LogP contribution in [0, 0.1) is 0 Å². The van der Waals surface area contributed by atoms with Gasteiger partial charge in [0.2, 0.25) is 0 Å². The van der Waals surface area contributed by atoms with E-state index in [1.807, 2.05) is 0 Å². The van der Waals surface area contributed by atoms with E-state index < -0.39 is 0 Å². The quantitative estimate of drug-likeness (QED) is 0.763. The summed E-state index contributed by atoms with van der Waals surface area (Å²) in [5.41, 5.74) is 6.76. The first-order valence-corrected chi connectivity index (χ1v) is 4.50. The molecule has 1 aromatic heterocycles. The molecule has 2 rings (SSSR count). The normalized spacial score (nSPS) is 10.5. The molecule has 0 aliphatic rings. The van der Waals surface area contributed by atoms with Gasteiger partial charge in [-0.05, 0) is 18.2 Å². The lowest BCUT2D eigenvalue weighted by molar-refractivity contribution is 0.0990. The number of ether oxygens (including phenoxy) is 1. The second-order valence-corrected chi connectivity index (χ2v) is 3.26. The maximum absolute atomic E-state index is 11.2. The molecule has 1 heterocycles. The number of nitrogens with two attached hydrogens (primary N) is 1. The number of hydrogen-bond acceptors (Lipinski definition) is 4. The second-order valence-electron chi connectivity index (χ2n) is 3.26. The minimum atomic E-state index is -0.178. The Balaban J connectivity index is 2.72. The van der Waals surface area contributed by atoms with Gasteiger partial charge in [0.05, 0.1) is 12.8 Å². The largest absolute Gasteiger partial charge is 0.497 e. The van der Waals surface area contributed by atoms with Gasteiger partial charge in [0.25, 0.3) is 0 Å². The zero-order chi connectivity index (χ0) is 11.0. The average molecular weight is 205 g/mol. The smallest absolute Gasteiger partial charge is 0.197 e. The Hall–Kier alpha value is -1.97. The zero-order valence-corrected chi connectivity index (χ0v) is 8.53. The fourth-order valence-electron chi connectivity index (χ4n) is 1.48. The summed E-state index contributed by atoms with van der Waals surface area (Å²) in [6.07, 6.45) is 0. The first kappa shape index (κ1) is 9.58. The molecule has 4 nitrogen and oxygen atoms in total.